The summed E-state index contributed by atoms with van der Waals surface area (Å²) in [6, 6.07) is 7.94. The van der Waals surface area contributed by atoms with Gasteiger partial charge in [-0.3, -0.25) is 0 Å². The van der Waals surface area contributed by atoms with Crippen LogP contribution in [0.15, 0.2) is 30.3 Å². The third kappa shape index (κ3) is 4.46. The molecule has 0 spiro atoms. The highest BCUT2D eigenvalue weighted by molar-refractivity contribution is 5.94. The molecule has 0 aromatic heterocycles. The largest absolute Gasteiger partial charge is 0.497 e. The first kappa shape index (κ1) is 21.7. The fourth-order valence-corrected chi connectivity index (χ4v) is 2.97. The van der Waals surface area contributed by atoms with E-state index in [1.165, 1.54) is 25.3 Å². The Kier molecular flexibility index (Phi) is 6.07. The molecule has 0 atom stereocenters. The van der Waals surface area contributed by atoms with E-state index in [4.69, 9.17) is 14.2 Å². The fourth-order valence-electron chi connectivity index (χ4n) is 2.97. The Morgan fingerprint density at radius 1 is 0.857 bits per heavy atom. The highest BCUT2D eigenvalue weighted by atomic mass is 19.1. The molecule has 2 aromatic carbocycles. The summed E-state index contributed by atoms with van der Waals surface area (Å²) < 4.78 is 30.5. The topological polar surface area (TPSA) is 44.8 Å². The van der Waals surface area contributed by atoms with Crippen molar-refractivity contribution in [2.75, 3.05) is 14.2 Å². The Morgan fingerprint density at radius 3 is 1.82 bits per heavy atom. The molecule has 0 aliphatic heterocycles. The van der Waals surface area contributed by atoms with Gasteiger partial charge in [0.25, 0.3) is 0 Å². The van der Waals surface area contributed by atoms with Crippen molar-refractivity contribution in [3.8, 4) is 17.2 Å². The van der Waals surface area contributed by atoms with Gasteiger partial charge in [0.05, 0.1) is 14.2 Å². The average Bonchev–Trinajstić information content (AvgIpc) is 2.59. The monoisotopic (exact) mass is 388 g/mol. The number of carbonyl (C=O) groups excluding carboxylic acids is 1. The van der Waals surface area contributed by atoms with Crippen LogP contribution in [0.25, 0.3) is 0 Å². The molecule has 4 nitrogen and oxygen atoms in total. The van der Waals surface area contributed by atoms with Crippen molar-refractivity contribution in [3.05, 3.63) is 52.8 Å². The van der Waals surface area contributed by atoms with Crippen molar-refractivity contribution < 1.29 is 23.4 Å². The van der Waals surface area contributed by atoms with Crippen LogP contribution in [0.1, 0.15) is 63.0 Å². The molecule has 2 rings (SSSR count). The second-order valence-corrected chi connectivity index (χ2v) is 8.76. The maximum atomic E-state index is 14.0. The van der Waals surface area contributed by atoms with Crippen LogP contribution in [0.2, 0.25) is 0 Å². The number of halogens is 1. The summed E-state index contributed by atoms with van der Waals surface area (Å²) in [4.78, 5) is 13.0. The van der Waals surface area contributed by atoms with Crippen LogP contribution in [0, 0.1) is 5.82 Å². The molecular formula is C23H29FO4. The summed E-state index contributed by atoms with van der Waals surface area (Å²) in [6.07, 6.45) is 0. The molecule has 0 unspecified atom stereocenters. The fraction of sp³-hybridized carbons (Fsp3) is 0.435. The summed E-state index contributed by atoms with van der Waals surface area (Å²) in [5.41, 5.74) is 1.09. The van der Waals surface area contributed by atoms with Gasteiger partial charge >= 0.3 is 5.97 Å². The molecule has 0 saturated heterocycles. The van der Waals surface area contributed by atoms with Crippen LogP contribution in [0.5, 0.6) is 17.2 Å². The Hall–Kier alpha value is -2.56. The number of rotatable bonds is 4. The van der Waals surface area contributed by atoms with Gasteiger partial charge < -0.3 is 14.2 Å². The smallest absolute Gasteiger partial charge is 0.347 e. The van der Waals surface area contributed by atoms with E-state index in [1.807, 2.05) is 53.7 Å². The quantitative estimate of drug-likeness (QED) is 0.501. The van der Waals surface area contributed by atoms with Gasteiger partial charge in [-0.15, -0.1) is 0 Å². The highest BCUT2D eigenvalue weighted by Gasteiger charge is 2.30. The van der Waals surface area contributed by atoms with Crippen LogP contribution < -0.4 is 14.2 Å². The van der Waals surface area contributed by atoms with Gasteiger partial charge in [-0.05, 0) is 35.1 Å². The van der Waals surface area contributed by atoms with Crippen molar-refractivity contribution in [1.29, 1.82) is 0 Å². The number of methoxy groups -OCH3 is 2. The second-order valence-electron chi connectivity index (χ2n) is 8.76. The van der Waals surface area contributed by atoms with Gasteiger partial charge in [-0.1, -0.05) is 47.6 Å². The molecule has 0 aliphatic carbocycles. The number of ether oxygens (including phenoxy) is 3. The van der Waals surface area contributed by atoms with Crippen LogP contribution in [0.3, 0.4) is 0 Å². The van der Waals surface area contributed by atoms with E-state index in [0.717, 1.165) is 11.1 Å². The van der Waals surface area contributed by atoms with E-state index in [1.54, 1.807) is 7.11 Å². The highest BCUT2D eigenvalue weighted by Crippen LogP contribution is 2.43. The molecule has 0 aliphatic rings. The van der Waals surface area contributed by atoms with E-state index in [-0.39, 0.29) is 22.1 Å². The normalized spacial score (nSPS) is 11.9. The number of benzene rings is 2. The van der Waals surface area contributed by atoms with E-state index < -0.39 is 11.8 Å². The first-order chi connectivity index (χ1) is 12.9. The van der Waals surface area contributed by atoms with Crippen molar-refractivity contribution in [1.82, 2.24) is 0 Å². The van der Waals surface area contributed by atoms with Gasteiger partial charge in [0.15, 0.2) is 11.6 Å². The van der Waals surface area contributed by atoms with Crippen molar-refractivity contribution in [3.63, 3.8) is 0 Å². The zero-order valence-electron chi connectivity index (χ0n) is 17.9. The SMILES string of the molecule is COc1cc(C(C)(C)C)c(OC(=O)c2cccc(F)c2OC)c(C(C)(C)C)c1. The summed E-state index contributed by atoms with van der Waals surface area (Å²) >= 11 is 0. The minimum Gasteiger partial charge on any atom is -0.497 e. The lowest BCUT2D eigenvalue weighted by Gasteiger charge is -2.29. The minimum atomic E-state index is -0.669. The maximum Gasteiger partial charge on any atom is 0.347 e. The lowest BCUT2D eigenvalue weighted by molar-refractivity contribution is 0.0724. The number of carbonyl (C=O) groups is 1. The van der Waals surface area contributed by atoms with Crippen LogP contribution in [-0.4, -0.2) is 20.2 Å². The predicted molar refractivity (Wildman–Crippen MR) is 108 cm³/mol. The van der Waals surface area contributed by atoms with Crippen molar-refractivity contribution >= 4 is 5.97 Å². The molecule has 0 bridgehead atoms. The number of para-hydroxylation sites is 1. The maximum absolute atomic E-state index is 14.0. The summed E-state index contributed by atoms with van der Waals surface area (Å²) in [7, 11) is 2.93. The first-order valence-corrected chi connectivity index (χ1v) is 9.17. The second kappa shape index (κ2) is 7.82. The Labute approximate surface area is 166 Å². The van der Waals surface area contributed by atoms with Crippen molar-refractivity contribution in [2.45, 2.75) is 52.4 Å². The van der Waals surface area contributed by atoms with Gasteiger partial charge in [0.2, 0.25) is 0 Å². The van der Waals surface area contributed by atoms with Gasteiger partial charge in [-0.2, -0.15) is 0 Å². The minimum absolute atomic E-state index is 0.0398. The summed E-state index contributed by atoms with van der Waals surface area (Å²) in [5, 5.41) is 0. The first-order valence-electron chi connectivity index (χ1n) is 9.17. The third-order valence-corrected chi connectivity index (χ3v) is 4.50. The van der Waals surface area contributed by atoms with Gasteiger partial charge in [0, 0.05) is 11.1 Å². The lowest BCUT2D eigenvalue weighted by Crippen LogP contribution is -2.22. The molecule has 5 heteroatoms. The van der Waals surface area contributed by atoms with Crippen LogP contribution in [-0.2, 0) is 10.8 Å². The molecule has 0 heterocycles. The lowest BCUT2D eigenvalue weighted by atomic mass is 9.79. The average molecular weight is 388 g/mol. The molecule has 0 saturated carbocycles. The molecule has 0 amide bonds. The third-order valence-electron chi connectivity index (χ3n) is 4.50. The van der Waals surface area contributed by atoms with Gasteiger partial charge in [-0.25, -0.2) is 9.18 Å². The van der Waals surface area contributed by atoms with Crippen LogP contribution in [0.4, 0.5) is 4.39 Å². The molecule has 2 aromatic rings. The van der Waals surface area contributed by atoms with Gasteiger partial charge in [0.1, 0.15) is 17.1 Å². The van der Waals surface area contributed by atoms with Crippen LogP contribution >= 0.6 is 0 Å². The van der Waals surface area contributed by atoms with Crippen molar-refractivity contribution in [2.24, 2.45) is 0 Å². The van der Waals surface area contributed by atoms with E-state index in [0.29, 0.717) is 11.5 Å². The zero-order valence-corrected chi connectivity index (χ0v) is 17.9. The number of hydrogen-bond donors (Lipinski definition) is 0. The Morgan fingerprint density at radius 2 is 1.39 bits per heavy atom. The molecule has 28 heavy (non-hydrogen) atoms. The Balaban J connectivity index is 2.67. The molecular weight excluding hydrogens is 359 g/mol. The van der Waals surface area contributed by atoms with E-state index in [2.05, 4.69) is 0 Å². The van der Waals surface area contributed by atoms with E-state index in [9.17, 15) is 9.18 Å². The molecule has 0 N–H and O–H groups in total. The predicted octanol–water partition coefficient (Wildman–Crippen LogP) is 5.66. The standard InChI is InChI=1S/C23H29FO4/c1-22(2,3)16-12-14(26-7)13-17(23(4,5)6)20(16)28-21(25)15-10-9-11-18(24)19(15)27-8/h9-13H,1-8H3. The van der Waals surface area contributed by atoms with E-state index >= 15 is 0 Å². The molecule has 152 valence electrons. The summed E-state index contributed by atoms with van der Waals surface area (Å²) in [6.45, 7) is 12.2. The summed E-state index contributed by atoms with van der Waals surface area (Å²) in [5.74, 6) is -0.248. The molecule has 0 radical (unpaired) electrons. The number of hydrogen-bond acceptors (Lipinski definition) is 4. The molecule has 0 fully saturated rings. The zero-order chi connectivity index (χ0) is 21.3. The Bertz CT molecular complexity index is 838. The number of esters is 1.